The van der Waals surface area contributed by atoms with E-state index in [2.05, 4.69) is 20.0 Å². The number of alkyl halides is 3. The summed E-state index contributed by atoms with van der Waals surface area (Å²) in [4.78, 5) is 19.6. The summed E-state index contributed by atoms with van der Waals surface area (Å²) < 4.78 is 46.8. The fourth-order valence-corrected chi connectivity index (χ4v) is 3.13. The number of hydrogen-bond acceptors (Lipinski definition) is 4. The number of halogens is 3. The Hall–Kier alpha value is -4.01. The van der Waals surface area contributed by atoms with Crippen LogP contribution in [0.25, 0.3) is 11.0 Å². The Kier molecular flexibility index (Phi) is 5.98. The van der Waals surface area contributed by atoms with Crippen molar-refractivity contribution in [3.8, 4) is 17.2 Å². The van der Waals surface area contributed by atoms with Crippen LogP contribution >= 0.6 is 0 Å². The van der Waals surface area contributed by atoms with Gasteiger partial charge in [0.2, 0.25) is 0 Å². The van der Waals surface area contributed by atoms with E-state index in [1.54, 1.807) is 12.4 Å². The van der Waals surface area contributed by atoms with Crippen molar-refractivity contribution in [3.63, 3.8) is 0 Å². The van der Waals surface area contributed by atoms with Crippen LogP contribution in [0.5, 0.6) is 17.2 Å². The van der Waals surface area contributed by atoms with Gasteiger partial charge in [-0.05, 0) is 54.4 Å². The lowest BCUT2D eigenvalue weighted by Gasteiger charge is -2.11. The minimum absolute atomic E-state index is 0.0801. The number of pyridine rings is 1. The summed E-state index contributed by atoms with van der Waals surface area (Å²) in [6.07, 6.45) is -0.874. The quantitative estimate of drug-likeness (QED) is 0.412. The maximum absolute atomic E-state index is 12.4. The van der Waals surface area contributed by atoms with E-state index >= 15 is 0 Å². The van der Waals surface area contributed by atoms with Gasteiger partial charge in [-0.25, -0.2) is 4.98 Å². The van der Waals surface area contributed by atoms with E-state index < -0.39 is 18.0 Å². The summed E-state index contributed by atoms with van der Waals surface area (Å²) in [6.45, 7) is 0.295. The molecule has 2 N–H and O–H groups in total. The molecule has 164 valence electrons. The normalized spacial score (nSPS) is 11.3. The average molecular weight is 441 g/mol. The lowest BCUT2D eigenvalue weighted by atomic mass is 10.1. The summed E-state index contributed by atoms with van der Waals surface area (Å²) in [6, 6.07) is 16.1. The minimum atomic E-state index is -4.81. The van der Waals surface area contributed by atoms with Gasteiger partial charge in [0, 0.05) is 23.7 Å². The van der Waals surface area contributed by atoms with Crippen molar-refractivity contribution < 1.29 is 27.4 Å². The summed E-state index contributed by atoms with van der Waals surface area (Å²) in [5, 5.41) is 3.63. The van der Waals surface area contributed by atoms with Crippen LogP contribution in [0.1, 0.15) is 15.9 Å². The van der Waals surface area contributed by atoms with Gasteiger partial charge in [-0.15, -0.1) is 13.2 Å². The summed E-state index contributed by atoms with van der Waals surface area (Å²) in [5.41, 5.74) is 1.78. The van der Waals surface area contributed by atoms with Crippen LogP contribution in [0.15, 0.2) is 73.1 Å². The maximum atomic E-state index is 12.4. The number of hydrogen-bond donors (Lipinski definition) is 2. The van der Waals surface area contributed by atoms with Gasteiger partial charge in [-0.1, -0.05) is 18.2 Å². The third-order valence-electron chi connectivity index (χ3n) is 4.54. The number of benzene rings is 2. The monoisotopic (exact) mass is 441 g/mol. The molecule has 2 aromatic heterocycles. The second kappa shape index (κ2) is 9.01. The molecule has 0 fully saturated rings. The SMILES string of the molecule is O=C(NCCc1cccc(Oc2cnc3[nH]ccc3c2)c1)c1cccc(OC(F)(F)F)c1. The van der Waals surface area contributed by atoms with Crippen LogP contribution in [-0.2, 0) is 6.42 Å². The fourth-order valence-electron chi connectivity index (χ4n) is 3.13. The molecule has 4 aromatic rings. The van der Waals surface area contributed by atoms with Gasteiger partial charge in [0.1, 0.15) is 22.9 Å². The van der Waals surface area contributed by atoms with Gasteiger partial charge in [0.15, 0.2) is 0 Å². The molecule has 0 spiro atoms. The van der Waals surface area contributed by atoms with Gasteiger partial charge < -0.3 is 19.8 Å². The lowest BCUT2D eigenvalue weighted by Crippen LogP contribution is -2.26. The van der Waals surface area contributed by atoms with Crippen LogP contribution in [-0.4, -0.2) is 28.8 Å². The zero-order chi connectivity index (χ0) is 22.6. The molecule has 2 aromatic carbocycles. The lowest BCUT2D eigenvalue weighted by molar-refractivity contribution is -0.274. The highest BCUT2D eigenvalue weighted by Gasteiger charge is 2.31. The number of H-pyrrole nitrogens is 1. The Labute approximate surface area is 181 Å². The van der Waals surface area contributed by atoms with Crippen LogP contribution in [0.2, 0.25) is 0 Å². The molecule has 0 atom stereocenters. The molecule has 0 aliphatic heterocycles. The summed E-state index contributed by atoms with van der Waals surface area (Å²) in [7, 11) is 0. The highest BCUT2D eigenvalue weighted by atomic mass is 19.4. The first-order valence-corrected chi connectivity index (χ1v) is 9.70. The second-order valence-corrected chi connectivity index (χ2v) is 6.92. The molecule has 0 aliphatic rings. The number of carbonyl (C=O) groups is 1. The first-order valence-electron chi connectivity index (χ1n) is 9.70. The Morgan fingerprint density at radius 2 is 1.81 bits per heavy atom. The van der Waals surface area contributed by atoms with Gasteiger partial charge in [0.05, 0.1) is 6.20 Å². The molecule has 1 amide bonds. The number of aromatic amines is 1. The number of fused-ring (bicyclic) bond motifs is 1. The maximum Gasteiger partial charge on any atom is 0.573 e. The number of amides is 1. The molecule has 0 saturated heterocycles. The number of rotatable bonds is 7. The Morgan fingerprint density at radius 3 is 2.66 bits per heavy atom. The van der Waals surface area contributed by atoms with Crippen LogP contribution in [0.4, 0.5) is 13.2 Å². The van der Waals surface area contributed by atoms with E-state index in [0.717, 1.165) is 28.7 Å². The highest BCUT2D eigenvalue weighted by Crippen LogP contribution is 2.25. The molecule has 9 heteroatoms. The Morgan fingerprint density at radius 1 is 1.00 bits per heavy atom. The van der Waals surface area contributed by atoms with Gasteiger partial charge in [-0.3, -0.25) is 4.79 Å². The third kappa shape index (κ3) is 5.57. The molecule has 0 bridgehead atoms. The predicted octanol–water partition coefficient (Wildman–Crippen LogP) is 5.23. The number of carbonyl (C=O) groups excluding carboxylic acids is 1. The molecular formula is C23H18F3N3O3. The molecule has 0 saturated carbocycles. The van der Waals surface area contributed by atoms with Crippen LogP contribution in [0, 0.1) is 0 Å². The van der Waals surface area contributed by atoms with Gasteiger partial charge in [0.25, 0.3) is 5.91 Å². The van der Waals surface area contributed by atoms with Crippen LogP contribution in [0.3, 0.4) is 0 Å². The smallest absolute Gasteiger partial charge is 0.456 e. The second-order valence-electron chi connectivity index (χ2n) is 6.92. The standard InChI is InChI=1S/C23H18F3N3O3/c24-23(25,26)32-19-6-2-4-17(13-19)22(30)28-9-7-15-3-1-5-18(11-15)31-20-12-16-8-10-27-21(16)29-14-20/h1-6,8,10-14H,7,9H2,(H,27,29)(H,28,30). The van der Waals surface area contributed by atoms with Crippen LogP contribution < -0.4 is 14.8 Å². The minimum Gasteiger partial charge on any atom is -0.456 e. The van der Waals surface area contributed by atoms with Crippen molar-refractivity contribution in [2.24, 2.45) is 0 Å². The highest BCUT2D eigenvalue weighted by molar-refractivity contribution is 5.94. The number of ether oxygens (including phenoxy) is 2. The average Bonchev–Trinajstić information content (AvgIpc) is 3.21. The largest absolute Gasteiger partial charge is 0.573 e. The Bertz CT molecular complexity index is 1240. The number of nitrogens with zero attached hydrogens (tertiary/aromatic N) is 1. The van der Waals surface area contributed by atoms with E-state index in [1.165, 1.54) is 12.1 Å². The van der Waals surface area contributed by atoms with Gasteiger partial charge in [-0.2, -0.15) is 0 Å². The molecular weight excluding hydrogens is 423 g/mol. The first-order chi connectivity index (χ1) is 15.4. The fraction of sp³-hybridized carbons (Fsp3) is 0.130. The van der Waals surface area contributed by atoms with Crippen molar-refractivity contribution in [3.05, 3.63) is 84.2 Å². The summed E-state index contributed by atoms with van der Waals surface area (Å²) >= 11 is 0. The van der Waals surface area contributed by atoms with E-state index in [1.807, 2.05) is 36.4 Å². The predicted molar refractivity (Wildman–Crippen MR) is 112 cm³/mol. The van der Waals surface area contributed by atoms with Crippen molar-refractivity contribution in [2.45, 2.75) is 12.8 Å². The Balaban J connectivity index is 1.33. The topological polar surface area (TPSA) is 76.2 Å². The van der Waals surface area contributed by atoms with Crippen molar-refractivity contribution in [1.29, 1.82) is 0 Å². The molecule has 0 aliphatic carbocycles. The van der Waals surface area contributed by atoms with Crippen molar-refractivity contribution in [2.75, 3.05) is 6.54 Å². The molecule has 0 unspecified atom stereocenters. The molecule has 4 rings (SSSR count). The van der Waals surface area contributed by atoms with E-state index in [0.29, 0.717) is 24.5 Å². The van der Waals surface area contributed by atoms with Crippen molar-refractivity contribution >= 4 is 16.9 Å². The molecule has 0 radical (unpaired) electrons. The molecule has 2 heterocycles. The van der Waals surface area contributed by atoms with E-state index in [4.69, 9.17) is 4.74 Å². The first kappa shape index (κ1) is 21.2. The molecule has 32 heavy (non-hydrogen) atoms. The summed E-state index contributed by atoms with van der Waals surface area (Å²) in [5.74, 6) is 0.296. The molecule has 6 nitrogen and oxygen atoms in total. The third-order valence-corrected chi connectivity index (χ3v) is 4.54. The number of nitrogens with one attached hydrogen (secondary N) is 2. The zero-order valence-electron chi connectivity index (χ0n) is 16.6. The van der Waals surface area contributed by atoms with Gasteiger partial charge >= 0.3 is 6.36 Å². The zero-order valence-corrected chi connectivity index (χ0v) is 16.6. The van der Waals surface area contributed by atoms with E-state index in [9.17, 15) is 18.0 Å². The van der Waals surface area contributed by atoms with Crippen molar-refractivity contribution in [1.82, 2.24) is 15.3 Å². The number of aromatic nitrogens is 2. The van der Waals surface area contributed by atoms with E-state index in [-0.39, 0.29) is 5.56 Å².